The number of hydrogen-bond donors (Lipinski definition) is 1. The van der Waals surface area contributed by atoms with Gasteiger partial charge >= 0.3 is 0 Å². The second kappa shape index (κ2) is 4.92. The summed E-state index contributed by atoms with van der Waals surface area (Å²) >= 11 is 1.57. The van der Waals surface area contributed by atoms with Crippen molar-refractivity contribution in [3.63, 3.8) is 0 Å². The molecule has 0 radical (unpaired) electrons. The third-order valence-corrected chi connectivity index (χ3v) is 4.25. The molecule has 2 N–H and O–H groups in total. The summed E-state index contributed by atoms with van der Waals surface area (Å²) in [6.45, 7) is 1.49. The summed E-state index contributed by atoms with van der Waals surface area (Å²) in [5.41, 5.74) is 5.78. The Morgan fingerprint density at radius 1 is 1.26 bits per heavy atom. The molecule has 0 spiro atoms. The molecule has 0 aromatic carbocycles. The van der Waals surface area contributed by atoms with Crippen LogP contribution in [0, 0.1) is 0 Å². The van der Waals surface area contributed by atoms with E-state index >= 15 is 0 Å². The third-order valence-electron chi connectivity index (χ3n) is 3.44. The second-order valence-electron chi connectivity index (χ2n) is 4.50. The molecule has 1 aliphatic rings. The highest BCUT2D eigenvalue weighted by Crippen LogP contribution is 2.31. The zero-order valence-corrected chi connectivity index (χ0v) is 11.7. The van der Waals surface area contributed by atoms with E-state index < -0.39 is 0 Å². The topological polar surface area (TPSA) is 73.5 Å². The average Bonchev–Trinajstić information content (AvgIpc) is 3.02. The van der Waals surface area contributed by atoms with Gasteiger partial charge in [0.15, 0.2) is 0 Å². The largest absolute Gasteiger partial charge is 0.377 e. The Balaban J connectivity index is 1.99. The number of rotatable bonds is 3. The van der Waals surface area contributed by atoms with Gasteiger partial charge in [-0.15, -0.1) is 11.3 Å². The Hall–Kier alpha value is -1.44. The first kappa shape index (κ1) is 12.6. The highest BCUT2D eigenvalue weighted by molar-refractivity contribution is 7.16. The van der Waals surface area contributed by atoms with Crippen LogP contribution >= 0.6 is 11.3 Å². The van der Waals surface area contributed by atoms with Crippen LogP contribution in [-0.2, 0) is 9.47 Å². The molecule has 2 aromatic rings. The van der Waals surface area contributed by atoms with Crippen LogP contribution in [0.1, 0.15) is 0 Å². The van der Waals surface area contributed by atoms with Crippen molar-refractivity contribution in [2.45, 2.75) is 12.2 Å². The Morgan fingerprint density at radius 3 is 2.58 bits per heavy atom. The van der Waals surface area contributed by atoms with Crippen LogP contribution in [0.2, 0.25) is 0 Å². The number of methoxy groups -OCH3 is 2. The van der Waals surface area contributed by atoms with Gasteiger partial charge in [0.05, 0.1) is 5.39 Å². The molecule has 1 saturated heterocycles. The number of fused-ring (bicyclic) bond motifs is 1. The molecular weight excluding hydrogens is 264 g/mol. The van der Waals surface area contributed by atoms with E-state index in [1.165, 1.54) is 0 Å². The minimum atomic E-state index is 0.0508. The first-order valence-electron chi connectivity index (χ1n) is 6.04. The van der Waals surface area contributed by atoms with Gasteiger partial charge in [-0.3, -0.25) is 0 Å². The smallest absolute Gasteiger partial charge is 0.223 e. The summed E-state index contributed by atoms with van der Waals surface area (Å²) in [6, 6.07) is 2.02. The number of hydrogen-bond acceptors (Lipinski definition) is 7. The minimum Gasteiger partial charge on any atom is -0.377 e. The third kappa shape index (κ3) is 2.13. The Morgan fingerprint density at radius 2 is 1.95 bits per heavy atom. The van der Waals surface area contributed by atoms with E-state index in [1.54, 1.807) is 25.6 Å². The fourth-order valence-corrected chi connectivity index (χ4v) is 3.23. The van der Waals surface area contributed by atoms with Gasteiger partial charge in [-0.1, -0.05) is 0 Å². The summed E-state index contributed by atoms with van der Waals surface area (Å²) in [7, 11) is 3.41. The SMILES string of the molecule is COC1CN(c2nc(N)nc3sccc23)CC1OC. The lowest BCUT2D eigenvalue weighted by molar-refractivity contribution is -0.00461. The molecule has 1 fully saturated rings. The molecule has 7 heteroatoms. The van der Waals surface area contributed by atoms with Crippen LogP contribution in [0.25, 0.3) is 10.2 Å². The van der Waals surface area contributed by atoms with Crippen molar-refractivity contribution in [3.05, 3.63) is 11.4 Å². The molecule has 0 aliphatic carbocycles. The van der Waals surface area contributed by atoms with Crippen LogP contribution in [0.3, 0.4) is 0 Å². The fourth-order valence-electron chi connectivity index (χ4n) is 2.47. The van der Waals surface area contributed by atoms with E-state index in [0.717, 1.165) is 29.1 Å². The monoisotopic (exact) mass is 280 g/mol. The predicted octanol–water partition coefficient (Wildman–Crippen LogP) is 1.12. The highest BCUT2D eigenvalue weighted by Gasteiger charge is 2.34. The van der Waals surface area contributed by atoms with E-state index in [-0.39, 0.29) is 12.2 Å². The van der Waals surface area contributed by atoms with Gasteiger partial charge in [0, 0.05) is 27.3 Å². The standard InChI is InChI=1S/C12H16N4O2S/c1-17-8-5-16(6-9(8)18-2)10-7-3-4-19-11(7)15-12(13)14-10/h3-4,8-9H,5-6H2,1-2H3,(H2,13,14,15). The van der Waals surface area contributed by atoms with Gasteiger partial charge in [-0.2, -0.15) is 4.98 Å². The van der Waals surface area contributed by atoms with E-state index in [9.17, 15) is 0 Å². The molecule has 0 amide bonds. The quantitative estimate of drug-likeness (QED) is 0.908. The summed E-state index contributed by atoms with van der Waals surface area (Å²) in [6.07, 6.45) is 0.102. The summed E-state index contributed by atoms with van der Waals surface area (Å²) < 4.78 is 10.9. The van der Waals surface area contributed by atoms with Gasteiger partial charge < -0.3 is 20.1 Å². The molecule has 0 saturated carbocycles. The maximum atomic E-state index is 5.78. The number of thiophene rings is 1. The Kier molecular flexibility index (Phi) is 3.26. The predicted molar refractivity (Wildman–Crippen MR) is 75.6 cm³/mol. The zero-order chi connectivity index (χ0) is 13.4. The van der Waals surface area contributed by atoms with Crippen molar-refractivity contribution >= 4 is 33.3 Å². The molecule has 6 nitrogen and oxygen atoms in total. The van der Waals surface area contributed by atoms with Crippen molar-refractivity contribution in [1.29, 1.82) is 0 Å². The normalized spacial score (nSPS) is 23.4. The lowest BCUT2D eigenvalue weighted by atomic mass is 10.3. The molecule has 3 heterocycles. The summed E-state index contributed by atoms with van der Waals surface area (Å²) in [5.74, 6) is 1.17. The summed E-state index contributed by atoms with van der Waals surface area (Å²) in [4.78, 5) is 11.7. The van der Waals surface area contributed by atoms with Gasteiger partial charge in [-0.05, 0) is 11.4 Å². The van der Waals surface area contributed by atoms with Crippen LogP contribution < -0.4 is 10.6 Å². The van der Waals surface area contributed by atoms with Crippen molar-refractivity contribution < 1.29 is 9.47 Å². The van der Waals surface area contributed by atoms with Gasteiger partial charge in [0.2, 0.25) is 5.95 Å². The van der Waals surface area contributed by atoms with Gasteiger partial charge in [0.1, 0.15) is 22.9 Å². The maximum Gasteiger partial charge on any atom is 0.223 e. The molecular formula is C12H16N4O2S. The molecule has 1 aliphatic heterocycles. The number of nitrogen functional groups attached to an aromatic ring is 1. The van der Waals surface area contributed by atoms with Crippen molar-refractivity contribution in [2.24, 2.45) is 0 Å². The summed E-state index contributed by atoms with van der Waals surface area (Å²) in [5, 5.41) is 3.03. The van der Waals surface area contributed by atoms with Crippen LogP contribution in [-0.4, -0.2) is 49.5 Å². The molecule has 2 aromatic heterocycles. The number of aromatic nitrogens is 2. The lowest BCUT2D eigenvalue weighted by Crippen LogP contribution is -2.27. The molecule has 19 heavy (non-hydrogen) atoms. The average molecular weight is 280 g/mol. The number of nitrogens with zero attached hydrogens (tertiary/aromatic N) is 3. The number of ether oxygens (including phenoxy) is 2. The van der Waals surface area contributed by atoms with E-state index in [2.05, 4.69) is 14.9 Å². The van der Waals surface area contributed by atoms with Crippen molar-refractivity contribution in [2.75, 3.05) is 37.9 Å². The number of nitrogens with two attached hydrogens (primary N) is 1. The van der Waals surface area contributed by atoms with Crippen LogP contribution in [0.4, 0.5) is 11.8 Å². The van der Waals surface area contributed by atoms with Crippen molar-refractivity contribution in [3.8, 4) is 0 Å². The zero-order valence-electron chi connectivity index (χ0n) is 10.9. The first-order valence-corrected chi connectivity index (χ1v) is 6.92. The minimum absolute atomic E-state index is 0.0508. The molecule has 2 atom stereocenters. The molecule has 3 rings (SSSR count). The van der Waals surface area contributed by atoms with Crippen molar-refractivity contribution in [1.82, 2.24) is 9.97 Å². The highest BCUT2D eigenvalue weighted by atomic mass is 32.1. The fraction of sp³-hybridized carbons (Fsp3) is 0.500. The van der Waals surface area contributed by atoms with Crippen LogP contribution in [0.5, 0.6) is 0 Å². The van der Waals surface area contributed by atoms with E-state index in [0.29, 0.717) is 5.95 Å². The molecule has 0 bridgehead atoms. The lowest BCUT2D eigenvalue weighted by Gasteiger charge is -2.17. The molecule has 102 valence electrons. The Bertz CT molecular complexity index is 576. The second-order valence-corrected chi connectivity index (χ2v) is 5.39. The Labute approximate surface area is 115 Å². The first-order chi connectivity index (χ1) is 9.22. The van der Waals surface area contributed by atoms with E-state index in [4.69, 9.17) is 15.2 Å². The van der Waals surface area contributed by atoms with Crippen LogP contribution in [0.15, 0.2) is 11.4 Å². The number of anilines is 2. The van der Waals surface area contributed by atoms with Gasteiger partial charge in [-0.25, -0.2) is 4.98 Å². The van der Waals surface area contributed by atoms with Gasteiger partial charge in [0.25, 0.3) is 0 Å². The van der Waals surface area contributed by atoms with E-state index in [1.807, 2.05) is 11.4 Å². The molecule has 2 unspecified atom stereocenters. The maximum absolute atomic E-state index is 5.78.